The first-order valence-corrected chi connectivity index (χ1v) is 9.41. The summed E-state index contributed by atoms with van der Waals surface area (Å²) >= 11 is 1.40. The summed E-state index contributed by atoms with van der Waals surface area (Å²) < 4.78 is 10.5. The smallest absolute Gasteiger partial charge is 0.239 e. The highest BCUT2D eigenvalue weighted by Crippen LogP contribution is 2.27. The molecule has 1 aliphatic rings. The summed E-state index contributed by atoms with van der Waals surface area (Å²) in [7, 11) is 3.18. The van der Waals surface area contributed by atoms with E-state index in [-0.39, 0.29) is 5.91 Å². The molecule has 0 aromatic heterocycles. The summed E-state index contributed by atoms with van der Waals surface area (Å²) in [6.07, 6.45) is 1.63. The molecule has 140 valence electrons. The largest absolute Gasteiger partial charge is 0.493 e. The monoisotopic (exact) mass is 383 g/mol. The molecule has 1 amide bonds. The molecule has 2 aromatic carbocycles. The second-order valence-electron chi connectivity index (χ2n) is 5.94. The first-order chi connectivity index (χ1) is 13.1. The van der Waals surface area contributed by atoms with Crippen LogP contribution in [0, 0.1) is 6.92 Å². The molecule has 1 fully saturated rings. The van der Waals surface area contributed by atoms with Crippen molar-refractivity contribution in [1.82, 2.24) is 4.90 Å². The lowest BCUT2D eigenvalue weighted by Gasteiger charge is -2.16. The van der Waals surface area contributed by atoms with Gasteiger partial charge in [0.15, 0.2) is 16.7 Å². The van der Waals surface area contributed by atoms with Crippen LogP contribution in [0.4, 0.5) is 0 Å². The van der Waals surface area contributed by atoms with Gasteiger partial charge in [-0.2, -0.15) is 5.10 Å². The topological polar surface area (TPSA) is 63.5 Å². The zero-order valence-electron chi connectivity index (χ0n) is 15.5. The van der Waals surface area contributed by atoms with Crippen LogP contribution >= 0.6 is 11.8 Å². The predicted molar refractivity (Wildman–Crippen MR) is 109 cm³/mol. The fourth-order valence-corrected chi connectivity index (χ4v) is 3.50. The number of carbonyl (C=O) groups excluding carboxylic acids is 1. The lowest BCUT2D eigenvalue weighted by molar-refractivity contribution is -0.124. The minimum Gasteiger partial charge on any atom is -0.493 e. The second kappa shape index (κ2) is 8.73. The van der Waals surface area contributed by atoms with Crippen LogP contribution in [-0.2, 0) is 11.3 Å². The van der Waals surface area contributed by atoms with E-state index < -0.39 is 0 Å². The van der Waals surface area contributed by atoms with Crippen LogP contribution in [0.15, 0.2) is 52.7 Å². The number of carbonyl (C=O) groups is 1. The minimum absolute atomic E-state index is 0.0447. The van der Waals surface area contributed by atoms with E-state index in [4.69, 9.17) is 9.47 Å². The number of rotatable bonds is 6. The Bertz CT molecular complexity index is 896. The maximum atomic E-state index is 12.2. The summed E-state index contributed by atoms with van der Waals surface area (Å²) in [5.41, 5.74) is 3.08. The zero-order valence-corrected chi connectivity index (χ0v) is 16.3. The van der Waals surface area contributed by atoms with Crippen molar-refractivity contribution < 1.29 is 14.3 Å². The Morgan fingerprint density at radius 2 is 1.93 bits per heavy atom. The maximum absolute atomic E-state index is 12.2. The molecule has 3 rings (SSSR count). The highest BCUT2D eigenvalue weighted by atomic mass is 32.2. The molecule has 0 radical (unpaired) electrons. The second-order valence-corrected chi connectivity index (χ2v) is 6.88. The van der Waals surface area contributed by atoms with E-state index >= 15 is 0 Å². The van der Waals surface area contributed by atoms with Gasteiger partial charge in [0.2, 0.25) is 5.91 Å². The lowest BCUT2D eigenvalue weighted by atomic mass is 10.1. The number of amides is 1. The van der Waals surface area contributed by atoms with Crippen LogP contribution in [0.5, 0.6) is 11.5 Å². The van der Waals surface area contributed by atoms with E-state index in [0.29, 0.717) is 29.0 Å². The number of aryl methyl sites for hydroxylation is 1. The lowest BCUT2D eigenvalue weighted by Crippen LogP contribution is -2.29. The van der Waals surface area contributed by atoms with Gasteiger partial charge in [0, 0.05) is 0 Å². The highest BCUT2D eigenvalue weighted by Gasteiger charge is 2.28. The summed E-state index contributed by atoms with van der Waals surface area (Å²) in [5, 5.41) is 9.02. The average molecular weight is 383 g/mol. The number of nitrogens with zero attached hydrogens (tertiary/aromatic N) is 3. The molecule has 1 heterocycles. The molecule has 0 aliphatic carbocycles. The molecular weight excluding hydrogens is 362 g/mol. The average Bonchev–Trinajstić information content (AvgIpc) is 3.03. The van der Waals surface area contributed by atoms with Gasteiger partial charge in [-0.1, -0.05) is 36.0 Å². The fourth-order valence-electron chi connectivity index (χ4n) is 2.66. The molecule has 1 saturated heterocycles. The van der Waals surface area contributed by atoms with Crippen molar-refractivity contribution in [3.05, 3.63) is 59.2 Å². The van der Waals surface area contributed by atoms with Gasteiger partial charge >= 0.3 is 0 Å². The number of hydrogen-bond acceptors (Lipinski definition) is 6. The van der Waals surface area contributed by atoms with Crippen LogP contribution < -0.4 is 9.47 Å². The van der Waals surface area contributed by atoms with Gasteiger partial charge in [-0.05, 0) is 41.8 Å². The van der Waals surface area contributed by atoms with Crippen LogP contribution in [0.2, 0.25) is 0 Å². The van der Waals surface area contributed by atoms with Gasteiger partial charge in [0.1, 0.15) is 0 Å². The van der Waals surface area contributed by atoms with Crippen molar-refractivity contribution in [2.45, 2.75) is 13.5 Å². The molecule has 6 nitrogen and oxygen atoms in total. The van der Waals surface area contributed by atoms with E-state index in [1.807, 2.05) is 49.4 Å². The Balaban J connectivity index is 1.76. The molecule has 7 heteroatoms. The van der Waals surface area contributed by atoms with E-state index in [0.717, 1.165) is 16.7 Å². The summed E-state index contributed by atoms with van der Waals surface area (Å²) in [4.78, 5) is 13.9. The van der Waals surface area contributed by atoms with Gasteiger partial charge in [-0.3, -0.25) is 9.69 Å². The normalized spacial score (nSPS) is 15.7. The summed E-state index contributed by atoms with van der Waals surface area (Å²) in [6.45, 7) is 2.54. The Morgan fingerprint density at radius 1 is 1.15 bits per heavy atom. The number of hydrogen-bond donors (Lipinski definition) is 0. The standard InChI is InChI=1S/C20H21N3O3S/c1-14-6-4-5-7-16(14)12-23-19(24)13-27-20(23)22-21-11-15-8-9-17(25-2)18(10-15)26-3/h4-11H,12-13H2,1-3H3/b21-11-,22-20-. The summed E-state index contributed by atoms with van der Waals surface area (Å²) in [5.74, 6) is 1.71. The highest BCUT2D eigenvalue weighted by molar-refractivity contribution is 8.15. The maximum Gasteiger partial charge on any atom is 0.239 e. The predicted octanol–water partition coefficient (Wildman–Crippen LogP) is 3.48. The van der Waals surface area contributed by atoms with E-state index in [1.54, 1.807) is 25.3 Å². The number of amidine groups is 1. The number of methoxy groups -OCH3 is 2. The van der Waals surface area contributed by atoms with Gasteiger partial charge in [0.05, 0.1) is 32.7 Å². The molecule has 1 aliphatic heterocycles. The number of benzene rings is 2. The molecule has 0 saturated carbocycles. The van der Waals surface area contributed by atoms with E-state index in [9.17, 15) is 4.79 Å². The third-order valence-electron chi connectivity index (χ3n) is 4.20. The van der Waals surface area contributed by atoms with Crippen molar-refractivity contribution in [2.24, 2.45) is 10.2 Å². The molecule has 0 spiro atoms. The van der Waals surface area contributed by atoms with Crippen LogP contribution in [-0.4, -0.2) is 42.2 Å². The van der Waals surface area contributed by atoms with Gasteiger partial charge < -0.3 is 9.47 Å². The Morgan fingerprint density at radius 3 is 2.67 bits per heavy atom. The quantitative estimate of drug-likeness (QED) is 0.566. The van der Waals surface area contributed by atoms with Crippen molar-refractivity contribution in [3.63, 3.8) is 0 Å². The summed E-state index contributed by atoms with van der Waals surface area (Å²) in [6, 6.07) is 13.5. The minimum atomic E-state index is 0.0447. The van der Waals surface area contributed by atoms with Gasteiger partial charge in [0.25, 0.3) is 0 Å². The van der Waals surface area contributed by atoms with Gasteiger partial charge in [-0.25, -0.2) is 0 Å². The molecule has 2 aromatic rings. The van der Waals surface area contributed by atoms with Crippen molar-refractivity contribution >= 4 is 29.1 Å². The zero-order chi connectivity index (χ0) is 19.2. The van der Waals surface area contributed by atoms with Crippen LogP contribution in [0.3, 0.4) is 0 Å². The molecular formula is C20H21N3O3S. The Hall–Kier alpha value is -2.80. The third-order valence-corrected chi connectivity index (χ3v) is 5.16. The number of thioether (sulfide) groups is 1. The van der Waals surface area contributed by atoms with Crippen molar-refractivity contribution in [3.8, 4) is 11.5 Å². The molecule has 27 heavy (non-hydrogen) atoms. The first-order valence-electron chi connectivity index (χ1n) is 8.43. The third kappa shape index (κ3) is 4.49. The molecule has 0 N–H and O–H groups in total. The van der Waals surface area contributed by atoms with Crippen LogP contribution in [0.1, 0.15) is 16.7 Å². The first kappa shape index (κ1) is 19.0. The Labute approximate surface area is 162 Å². The Kier molecular flexibility index (Phi) is 6.13. The van der Waals surface area contributed by atoms with Crippen molar-refractivity contribution in [2.75, 3.05) is 20.0 Å². The van der Waals surface area contributed by atoms with Crippen molar-refractivity contribution in [1.29, 1.82) is 0 Å². The molecule has 0 bridgehead atoms. The molecule has 0 unspecified atom stereocenters. The SMILES string of the molecule is COc1ccc(/C=N\N=C2/SCC(=O)N2Cc2ccccc2C)cc1OC. The van der Waals surface area contributed by atoms with Gasteiger partial charge in [-0.15, -0.1) is 5.10 Å². The van der Waals surface area contributed by atoms with E-state index in [2.05, 4.69) is 10.2 Å². The van der Waals surface area contributed by atoms with Crippen LogP contribution in [0.25, 0.3) is 0 Å². The van der Waals surface area contributed by atoms with E-state index in [1.165, 1.54) is 11.8 Å². The molecule has 0 atom stereocenters. The fraction of sp³-hybridized carbons (Fsp3) is 0.250. The number of ether oxygens (including phenoxy) is 2.